The van der Waals surface area contributed by atoms with E-state index in [0.29, 0.717) is 10.4 Å². The van der Waals surface area contributed by atoms with E-state index >= 15 is 4.39 Å². The normalized spacial score (nSPS) is 22.1. The van der Waals surface area contributed by atoms with Gasteiger partial charge >= 0.3 is 6.09 Å². The van der Waals surface area contributed by atoms with E-state index in [1.54, 1.807) is 39.0 Å². The van der Waals surface area contributed by atoms with Gasteiger partial charge in [-0.2, -0.15) is 0 Å². The Labute approximate surface area is 199 Å². The van der Waals surface area contributed by atoms with Gasteiger partial charge in [-0.15, -0.1) is 0 Å². The van der Waals surface area contributed by atoms with Crippen LogP contribution in [-0.4, -0.2) is 60.7 Å². The third-order valence-corrected chi connectivity index (χ3v) is 10.7. The number of hydrogen-bond acceptors (Lipinski definition) is 5. The molecular formula is C22H35BrFN3O4Si. The number of halogens is 2. The molecule has 0 saturated carbocycles. The minimum Gasteiger partial charge on any atom is -0.444 e. The molecule has 2 amide bonds. The number of amides is 2. The number of anilines is 1. The summed E-state index contributed by atoms with van der Waals surface area (Å²) in [5, 5.41) is 2.59. The molecule has 10 heteroatoms. The fourth-order valence-electron chi connectivity index (χ4n) is 3.00. The van der Waals surface area contributed by atoms with Crippen molar-refractivity contribution in [3.05, 3.63) is 22.8 Å². The molecule has 2 heterocycles. The minimum absolute atomic E-state index is 0.0873. The number of likely N-dealkylation sites (tertiary alicyclic amines) is 1. The van der Waals surface area contributed by atoms with Gasteiger partial charge in [0.1, 0.15) is 22.1 Å². The smallest absolute Gasteiger partial charge is 0.411 e. The minimum atomic E-state index is -2.21. The molecule has 0 unspecified atom stereocenters. The summed E-state index contributed by atoms with van der Waals surface area (Å²) in [7, 11) is -2.21. The van der Waals surface area contributed by atoms with Crippen LogP contribution in [0.5, 0.6) is 0 Å². The van der Waals surface area contributed by atoms with Crippen LogP contribution in [0.2, 0.25) is 18.1 Å². The first kappa shape index (κ1) is 26.7. The van der Waals surface area contributed by atoms with Crippen molar-refractivity contribution in [2.24, 2.45) is 0 Å². The molecular weight excluding hydrogens is 497 g/mol. The van der Waals surface area contributed by atoms with Gasteiger partial charge in [-0.3, -0.25) is 9.69 Å². The van der Waals surface area contributed by atoms with E-state index in [1.165, 1.54) is 0 Å². The van der Waals surface area contributed by atoms with Crippen LogP contribution in [0.3, 0.4) is 0 Å². The highest BCUT2D eigenvalue weighted by Gasteiger charge is 2.52. The maximum Gasteiger partial charge on any atom is 0.411 e. The number of carbonyl (C=O) groups excluding carboxylic acids is 2. The fraction of sp³-hybridized carbons (Fsp3) is 0.682. The van der Waals surface area contributed by atoms with E-state index in [2.05, 4.69) is 47.0 Å². The number of nitrogens with zero attached hydrogens (tertiary/aromatic N) is 2. The Morgan fingerprint density at radius 1 is 1.28 bits per heavy atom. The highest BCUT2D eigenvalue weighted by atomic mass is 79.9. The van der Waals surface area contributed by atoms with Gasteiger partial charge in [-0.1, -0.05) is 26.8 Å². The molecule has 0 aromatic carbocycles. The summed E-state index contributed by atoms with van der Waals surface area (Å²) in [4.78, 5) is 31.2. The number of pyridine rings is 1. The third kappa shape index (κ3) is 6.99. The van der Waals surface area contributed by atoms with E-state index in [4.69, 9.17) is 9.16 Å². The second-order valence-electron chi connectivity index (χ2n) is 10.9. The Bertz CT molecular complexity index is 856. The topological polar surface area (TPSA) is 80.8 Å². The van der Waals surface area contributed by atoms with Crippen LogP contribution in [0.15, 0.2) is 22.8 Å². The number of hydrogen-bond donors (Lipinski definition) is 1. The highest BCUT2D eigenvalue weighted by molar-refractivity contribution is 9.10. The number of nitrogens with one attached hydrogen (secondary N) is 1. The molecule has 0 spiro atoms. The number of alkyl halides is 1. The lowest BCUT2D eigenvalue weighted by atomic mass is 10.0. The zero-order valence-electron chi connectivity index (χ0n) is 20.2. The Morgan fingerprint density at radius 2 is 1.91 bits per heavy atom. The standard InChI is InChI=1S/C22H35BrFN3O4Si/c1-20(2,3)31-19(29)27-13-22(24,14-30-32(7,8)21(4,5)6)12-15(27)18(28)26-17-11-9-10-16(23)25-17/h9-11,15H,12-14H2,1-8H3,(H,25,26,28)/t15-,22-/m1/s1. The second kappa shape index (κ2) is 9.38. The van der Waals surface area contributed by atoms with E-state index < -0.39 is 37.6 Å². The first-order chi connectivity index (χ1) is 14.4. The average molecular weight is 533 g/mol. The van der Waals surface area contributed by atoms with Gasteiger partial charge in [0.15, 0.2) is 14.0 Å². The fourth-order valence-corrected chi connectivity index (χ4v) is 4.40. The van der Waals surface area contributed by atoms with Crippen LogP contribution in [-0.2, 0) is 14.0 Å². The molecule has 2 rings (SSSR count). The molecule has 0 bridgehead atoms. The summed E-state index contributed by atoms with van der Waals surface area (Å²) < 4.78 is 28.0. The molecule has 1 aliphatic heterocycles. The molecule has 180 valence electrons. The van der Waals surface area contributed by atoms with Crippen molar-refractivity contribution >= 4 is 42.1 Å². The predicted octanol–water partition coefficient (Wildman–Crippen LogP) is 5.52. The molecule has 1 aliphatic rings. The number of aromatic nitrogens is 1. The van der Waals surface area contributed by atoms with Crippen LogP contribution in [0.4, 0.5) is 15.0 Å². The van der Waals surface area contributed by atoms with Crippen LogP contribution in [0.1, 0.15) is 48.0 Å². The second-order valence-corrected chi connectivity index (χ2v) is 16.5. The van der Waals surface area contributed by atoms with Crippen molar-refractivity contribution in [2.75, 3.05) is 18.5 Å². The summed E-state index contributed by atoms with van der Waals surface area (Å²) >= 11 is 3.26. The van der Waals surface area contributed by atoms with Gasteiger partial charge in [0.25, 0.3) is 0 Å². The maximum atomic E-state index is 15.9. The lowest BCUT2D eigenvalue weighted by Crippen LogP contribution is -2.47. The van der Waals surface area contributed by atoms with E-state index in [9.17, 15) is 9.59 Å². The summed E-state index contributed by atoms with van der Waals surface area (Å²) in [6, 6.07) is 4.03. The number of carbonyl (C=O) groups is 2. The van der Waals surface area contributed by atoms with Crippen molar-refractivity contribution in [3.63, 3.8) is 0 Å². The lowest BCUT2D eigenvalue weighted by Gasteiger charge is -2.37. The Morgan fingerprint density at radius 3 is 2.44 bits per heavy atom. The molecule has 0 radical (unpaired) electrons. The zero-order chi connectivity index (χ0) is 24.5. The molecule has 1 saturated heterocycles. The molecule has 0 aliphatic carbocycles. The molecule has 1 aromatic rings. The zero-order valence-corrected chi connectivity index (χ0v) is 22.8. The highest BCUT2D eigenvalue weighted by Crippen LogP contribution is 2.39. The molecule has 1 N–H and O–H groups in total. The molecule has 2 atom stereocenters. The first-order valence-electron chi connectivity index (χ1n) is 10.7. The van der Waals surface area contributed by atoms with Crippen LogP contribution in [0.25, 0.3) is 0 Å². The van der Waals surface area contributed by atoms with Crippen LogP contribution < -0.4 is 5.32 Å². The summed E-state index contributed by atoms with van der Waals surface area (Å²) in [5.74, 6) is -0.212. The summed E-state index contributed by atoms with van der Waals surface area (Å²) in [5.41, 5.74) is -2.64. The molecule has 32 heavy (non-hydrogen) atoms. The maximum absolute atomic E-state index is 15.9. The Balaban J connectivity index is 2.24. The van der Waals surface area contributed by atoms with Crippen molar-refractivity contribution < 1.29 is 23.1 Å². The average Bonchev–Trinajstić information content (AvgIpc) is 2.97. The largest absolute Gasteiger partial charge is 0.444 e. The molecule has 1 fully saturated rings. The van der Waals surface area contributed by atoms with Crippen molar-refractivity contribution in [1.29, 1.82) is 0 Å². The lowest BCUT2D eigenvalue weighted by molar-refractivity contribution is -0.120. The summed E-state index contributed by atoms with van der Waals surface area (Å²) in [6.07, 6.45) is -0.910. The van der Waals surface area contributed by atoms with Crippen LogP contribution >= 0.6 is 15.9 Å². The number of rotatable bonds is 5. The van der Waals surface area contributed by atoms with Crippen molar-refractivity contribution in [3.8, 4) is 0 Å². The molecule has 1 aromatic heterocycles. The Kier molecular flexibility index (Phi) is 7.84. The SMILES string of the molecule is CC(C)(C)OC(=O)N1C[C@@](F)(CO[Si](C)(C)C(C)(C)C)C[C@@H]1C(=O)Nc1cccc(Br)n1. The van der Waals surface area contributed by atoms with Gasteiger partial charge in [0, 0.05) is 6.42 Å². The van der Waals surface area contributed by atoms with E-state index in [0.717, 1.165) is 4.90 Å². The Hall–Kier alpha value is -1.52. The van der Waals surface area contributed by atoms with Crippen LogP contribution in [0, 0.1) is 0 Å². The van der Waals surface area contributed by atoms with Crippen molar-refractivity contribution in [2.45, 2.75) is 83.4 Å². The van der Waals surface area contributed by atoms with Gasteiger partial charge < -0.3 is 14.5 Å². The van der Waals surface area contributed by atoms with Crippen molar-refractivity contribution in [1.82, 2.24) is 9.88 Å². The predicted molar refractivity (Wildman–Crippen MR) is 129 cm³/mol. The monoisotopic (exact) mass is 531 g/mol. The first-order valence-corrected chi connectivity index (χ1v) is 14.4. The summed E-state index contributed by atoms with van der Waals surface area (Å²) in [6.45, 7) is 15.0. The van der Waals surface area contributed by atoms with Gasteiger partial charge in [-0.25, -0.2) is 14.2 Å². The number of ether oxygens (including phenoxy) is 1. The van der Waals surface area contributed by atoms with Gasteiger partial charge in [0.2, 0.25) is 5.91 Å². The van der Waals surface area contributed by atoms with Gasteiger partial charge in [-0.05, 0) is 67.0 Å². The van der Waals surface area contributed by atoms with E-state index in [1.807, 2.05) is 13.1 Å². The van der Waals surface area contributed by atoms with Gasteiger partial charge in [0.05, 0.1) is 13.2 Å². The third-order valence-electron chi connectivity index (χ3n) is 5.78. The quantitative estimate of drug-likeness (QED) is 0.399. The molecule has 7 nitrogen and oxygen atoms in total. The van der Waals surface area contributed by atoms with E-state index in [-0.39, 0.29) is 24.6 Å².